The van der Waals surface area contributed by atoms with Crippen molar-refractivity contribution >= 4 is 17.7 Å². The van der Waals surface area contributed by atoms with Crippen LogP contribution in [-0.2, 0) is 5.75 Å². The highest BCUT2D eigenvalue weighted by atomic mass is 32.2. The molecule has 0 fully saturated rings. The first kappa shape index (κ1) is 20.9. The maximum absolute atomic E-state index is 12.6. The lowest BCUT2D eigenvalue weighted by atomic mass is 10.0. The molecule has 0 aliphatic carbocycles. The van der Waals surface area contributed by atoms with Crippen molar-refractivity contribution in [2.75, 3.05) is 27.7 Å². The zero-order valence-corrected chi connectivity index (χ0v) is 17.6. The van der Waals surface area contributed by atoms with Gasteiger partial charge in [0.05, 0.1) is 13.2 Å². The van der Waals surface area contributed by atoms with Crippen molar-refractivity contribution in [3.05, 3.63) is 71.5 Å². The van der Waals surface area contributed by atoms with Crippen molar-refractivity contribution in [2.45, 2.75) is 17.0 Å². The molecule has 3 rings (SSSR count). The van der Waals surface area contributed by atoms with Gasteiger partial charge in [-0.3, -0.25) is 9.89 Å². The summed E-state index contributed by atoms with van der Waals surface area (Å²) < 4.78 is 5.48. The van der Waals surface area contributed by atoms with Gasteiger partial charge in [0.15, 0.2) is 5.16 Å². The first-order valence-electron chi connectivity index (χ1n) is 9.23. The topological polar surface area (TPSA) is 83.1 Å². The van der Waals surface area contributed by atoms with Crippen LogP contribution in [-0.4, -0.2) is 53.7 Å². The van der Waals surface area contributed by atoms with Gasteiger partial charge in [0.1, 0.15) is 12.1 Å². The summed E-state index contributed by atoms with van der Waals surface area (Å²) in [6, 6.07) is 15.5. The van der Waals surface area contributed by atoms with Gasteiger partial charge >= 0.3 is 0 Å². The normalized spacial score (nSPS) is 12.0. The van der Waals surface area contributed by atoms with Crippen molar-refractivity contribution in [3.8, 4) is 5.75 Å². The van der Waals surface area contributed by atoms with Gasteiger partial charge in [0.2, 0.25) is 0 Å². The van der Waals surface area contributed by atoms with Crippen LogP contribution < -0.4 is 10.1 Å². The summed E-state index contributed by atoms with van der Waals surface area (Å²) in [6.07, 6.45) is 1.49. The molecule has 7 nitrogen and oxygen atoms in total. The molecule has 3 aromatic rings. The second-order valence-electron chi connectivity index (χ2n) is 6.71. The first-order chi connectivity index (χ1) is 14.1. The van der Waals surface area contributed by atoms with Crippen LogP contribution in [0.5, 0.6) is 5.75 Å². The summed E-state index contributed by atoms with van der Waals surface area (Å²) in [5.41, 5.74) is 2.79. The first-order valence-corrected chi connectivity index (χ1v) is 10.2. The molecule has 0 aliphatic rings. The summed E-state index contributed by atoms with van der Waals surface area (Å²) in [6.45, 7) is 0.481. The number of ether oxygens (including phenoxy) is 1. The number of benzene rings is 2. The van der Waals surface area contributed by atoms with E-state index in [1.807, 2.05) is 62.6 Å². The molecular formula is C21H25N5O2S. The van der Waals surface area contributed by atoms with Crippen LogP contribution in [0.25, 0.3) is 0 Å². The molecule has 0 bridgehead atoms. The van der Waals surface area contributed by atoms with E-state index in [1.165, 1.54) is 6.33 Å². The van der Waals surface area contributed by atoms with Gasteiger partial charge in [-0.25, -0.2) is 4.98 Å². The van der Waals surface area contributed by atoms with Crippen molar-refractivity contribution in [1.29, 1.82) is 0 Å². The Balaban J connectivity index is 1.60. The SMILES string of the molecule is COc1ccccc1C(CNC(=O)c1ccc(CSc2ncn[nH]2)cc1)N(C)C. The van der Waals surface area contributed by atoms with E-state index in [0.717, 1.165) is 27.8 Å². The zero-order valence-electron chi connectivity index (χ0n) is 16.8. The van der Waals surface area contributed by atoms with E-state index < -0.39 is 0 Å². The van der Waals surface area contributed by atoms with Gasteiger partial charge < -0.3 is 15.0 Å². The van der Waals surface area contributed by atoms with Gasteiger partial charge in [0.25, 0.3) is 5.91 Å². The molecule has 0 saturated carbocycles. The van der Waals surface area contributed by atoms with Crippen LogP contribution in [0, 0.1) is 0 Å². The molecule has 0 aliphatic heterocycles. The molecule has 1 amide bonds. The second-order valence-corrected chi connectivity index (χ2v) is 7.67. The van der Waals surface area contributed by atoms with E-state index in [4.69, 9.17) is 4.74 Å². The quantitative estimate of drug-likeness (QED) is 0.527. The average Bonchev–Trinajstić information content (AvgIpc) is 3.26. The fourth-order valence-corrected chi connectivity index (χ4v) is 3.71. The maximum Gasteiger partial charge on any atom is 0.251 e. The molecule has 2 N–H and O–H groups in total. The van der Waals surface area contributed by atoms with E-state index in [2.05, 4.69) is 25.4 Å². The van der Waals surface area contributed by atoms with E-state index in [-0.39, 0.29) is 11.9 Å². The Bertz CT molecular complexity index is 913. The lowest BCUT2D eigenvalue weighted by molar-refractivity contribution is 0.0941. The number of nitrogens with zero attached hydrogens (tertiary/aromatic N) is 3. The Hall–Kier alpha value is -2.84. The predicted molar refractivity (Wildman–Crippen MR) is 114 cm³/mol. The highest BCUT2D eigenvalue weighted by Gasteiger charge is 2.19. The van der Waals surface area contributed by atoms with Crippen LogP contribution in [0.3, 0.4) is 0 Å². The third kappa shape index (κ3) is 5.58. The number of carbonyl (C=O) groups excluding carboxylic acids is 1. The average molecular weight is 412 g/mol. The molecule has 1 aromatic heterocycles. The van der Waals surface area contributed by atoms with Crippen LogP contribution in [0.4, 0.5) is 0 Å². The Morgan fingerprint density at radius 3 is 2.62 bits per heavy atom. The Labute approximate surface area is 174 Å². The Morgan fingerprint density at radius 2 is 1.97 bits per heavy atom. The highest BCUT2D eigenvalue weighted by molar-refractivity contribution is 7.98. The fraction of sp³-hybridized carbons (Fsp3) is 0.286. The molecular weight excluding hydrogens is 386 g/mol. The van der Waals surface area contributed by atoms with Gasteiger partial charge in [-0.1, -0.05) is 42.1 Å². The van der Waals surface area contributed by atoms with Crippen molar-refractivity contribution in [1.82, 2.24) is 25.4 Å². The number of thioether (sulfide) groups is 1. The summed E-state index contributed by atoms with van der Waals surface area (Å²) in [4.78, 5) is 18.8. The number of carbonyl (C=O) groups is 1. The summed E-state index contributed by atoms with van der Waals surface area (Å²) in [5.74, 6) is 1.48. The second kappa shape index (κ2) is 10.1. The summed E-state index contributed by atoms with van der Waals surface area (Å²) in [7, 11) is 5.64. The third-order valence-electron chi connectivity index (χ3n) is 4.56. The molecule has 1 unspecified atom stereocenters. The van der Waals surface area contributed by atoms with Crippen LogP contribution in [0.15, 0.2) is 60.0 Å². The maximum atomic E-state index is 12.6. The number of aromatic amines is 1. The van der Waals surface area contributed by atoms with E-state index in [0.29, 0.717) is 12.1 Å². The monoisotopic (exact) mass is 411 g/mol. The molecule has 1 atom stereocenters. The van der Waals surface area contributed by atoms with Crippen molar-refractivity contribution in [3.63, 3.8) is 0 Å². The van der Waals surface area contributed by atoms with E-state index in [1.54, 1.807) is 18.9 Å². The number of H-pyrrole nitrogens is 1. The van der Waals surface area contributed by atoms with Crippen molar-refractivity contribution < 1.29 is 9.53 Å². The lowest BCUT2D eigenvalue weighted by Gasteiger charge is -2.26. The molecule has 0 spiro atoms. The van der Waals surface area contributed by atoms with E-state index in [9.17, 15) is 4.79 Å². The third-order valence-corrected chi connectivity index (χ3v) is 5.51. The van der Waals surface area contributed by atoms with Gasteiger partial charge in [-0.05, 0) is 37.9 Å². The number of nitrogens with one attached hydrogen (secondary N) is 2. The highest BCUT2D eigenvalue weighted by Crippen LogP contribution is 2.27. The Kier molecular flexibility index (Phi) is 7.26. The molecule has 0 saturated heterocycles. The molecule has 29 heavy (non-hydrogen) atoms. The Morgan fingerprint density at radius 1 is 1.21 bits per heavy atom. The minimum absolute atomic E-state index is 0.00711. The van der Waals surface area contributed by atoms with Gasteiger partial charge in [0, 0.05) is 23.4 Å². The minimum Gasteiger partial charge on any atom is -0.496 e. The number of methoxy groups -OCH3 is 1. The number of para-hydroxylation sites is 1. The molecule has 152 valence electrons. The number of likely N-dealkylation sites (N-methyl/N-ethyl adjacent to an activating group) is 1. The van der Waals surface area contributed by atoms with Crippen LogP contribution >= 0.6 is 11.8 Å². The molecule has 2 aromatic carbocycles. The molecule has 1 heterocycles. The number of hydrogen-bond donors (Lipinski definition) is 2. The minimum atomic E-state index is -0.0961. The number of aromatic nitrogens is 3. The predicted octanol–water partition coefficient (Wildman–Crippen LogP) is 3.14. The summed E-state index contributed by atoms with van der Waals surface area (Å²) >= 11 is 1.57. The van der Waals surface area contributed by atoms with Crippen molar-refractivity contribution in [2.24, 2.45) is 0 Å². The van der Waals surface area contributed by atoms with Gasteiger partial charge in [-0.15, -0.1) is 0 Å². The lowest BCUT2D eigenvalue weighted by Crippen LogP contribution is -2.34. The fourth-order valence-electron chi connectivity index (χ4n) is 2.97. The number of hydrogen-bond acceptors (Lipinski definition) is 6. The van der Waals surface area contributed by atoms with E-state index >= 15 is 0 Å². The zero-order chi connectivity index (χ0) is 20.6. The molecule has 0 radical (unpaired) electrons. The smallest absolute Gasteiger partial charge is 0.251 e. The molecule has 8 heteroatoms. The van der Waals surface area contributed by atoms with Crippen LogP contribution in [0.2, 0.25) is 0 Å². The number of amides is 1. The summed E-state index contributed by atoms with van der Waals surface area (Å²) in [5, 5.41) is 10.5. The van der Waals surface area contributed by atoms with Gasteiger partial charge in [-0.2, -0.15) is 5.10 Å². The number of rotatable bonds is 9. The van der Waals surface area contributed by atoms with Crippen LogP contribution in [0.1, 0.15) is 27.5 Å². The standard InChI is InChI=1S/C21H25N5O2S/c1-26(2)18(17-6-4-5-7-19(17)28-3)12-22-20(27)16-10-8-15(9-11-16)13-29-21-23-14-24-25-21/h4-11,14,18H,12-13H2,1-3H3,(H,22,27)(H,23,24,25). The largest absolute Gasteiger partial charge is 0.496 e.